The standard InChI is InChI=1S/C15H11N3O3/c1-20-15(19)12-5-14(21-9-12)8-18-13-3-2-10(6-16)11(4-13)7-17/h2-5,9,18H,8H2,1H3. The number of carbonyl (C=O) groups excluding carboxylic acids is 1. The minimum absolute atomic E-state index is 0.303. The molecule has 0 aliphatic heterocycles. The zero-order valence-corrected chi connectivity index (χ0v) is 11.2. The third-order valence-corrected chi connectivity index (χ3v) is 2.80. The van der Waals surface area contributed by atoms with Gasteiger partial charge in [-0.15, -0.1) is 0 Å². The van der Waals surface area contributed by atoms with Crippen LogP contribution >= 0.6 is 0 Å². The van der Waals surface area contributed by atoms with Crippen LogP contribution in [0.5, 0.6) is 0 Å². The Morgan fingerprint density at radius 1 is 1.29 bits per heavy atom. The SMILES string of the molecule is COC(=O)c1coc(CNc2ccc(C#N)c(C#N)c2)c1. The van der Waals surface area contributed by atoms with Gasteiger partial charge in [-0.2, -0.15) is 10.5 Å². The number of furan rings is 1. The summed E-state index contributed by atoms with van der Waals surface area (Å²) in [7, 11) is 1.30. The van der Waals surface area contributed by atoms with E-state index < -0.39 is 5.97 Å². The molecule has 1 aromatic carbocycles. The summed E-state index contributed by atoms with van der Waals surface area (Å²) in [5.74, 6) is 0.0911. The third-order valence-electron chi connectivity index (χ3n) is 2.80. The first-order chi connectivity index (χ1) is 10.2. The number of carbonyl (C=O) groups is 1. The van der Waals surface area contributed by atoms with Gasteiger partial charge >= 0.3 is 5.97 Å². The molecule has 0 aliphatic carbocycles. The summed E-state index contributed by atoms with van der Waals surface area (Å²) in [6.45, 7) is 0.341. The molecule has 0 amide bonds. The van der Waals surface area contributed by atoms with E-state index in [1.807, 2.05) is 12.1 Å². The minimum Gasteiger partial charge on any atom is -0.467 e. The quantitative estimate of drug-likeness (QED) is 0.864. The maximum Gasteiger partial charge on any atom is 0.341 e. The fraction of sp³-hybridized carbons (Fsp3) is 0.133. The molecule has 1 N–H and O–H groups in total. The largest absolute Gasteiger partial charge is 0.467 e. The Morgan fingerprint density at radius 3 is 2.71 bits per heavy atom. The van der Waals surface area contributed by atoms with Gasteiger partial charge < -0.3 is 14.5 Å². The van der Waals surface area contributed by atoms with Crippen molar-refractivity contribution in [3.63, 3.8) is 0 Å². The van der Waals surface area contributed by atoms with E-state index in [4.69, 9.17) is 14.9 Å². The van der Waals surface area contributed by atoms with Crippen molar-refractivity contribution < 1.29 is 13.9 Å². The van der Waals surface area contributed by atoms with Gasteiger partial charge in [0, 0.05) is 5.69 Å². The molecule has 1 heterocycles. The summed E-state index contributed by atoms with van der Waals surface area (Å²) in [6.07, 6.45) is 1.32. The van der Waals surface area contributed by atoms with Gasteiger partial charge in [0.2, 0.25) is 0 Å². The first-order valence-corrected chi connectivity index (χ1v) is 6.01. The Bertz CT molecular complexity index is 750. The van der Waals surface area contributed by atoms with Crippen molar-refractivity contribution in [3.05, 3.63) is 53.0 Å². The lowest BCUT2D eigenvalue weighted by molar-refractivity contribution is 0.0600. The van der Waals surface area contributed by atoms with Crippen LogP contribution in [-0.4, -0.2) is 13.1 Å². The number of methoxy groups -OCH3 is 1. The van der Waals surface area contributed by atoms with Crippen molar-refractivity contribution in [1.29, 1.82) is 10.5 Å². The van der Waals surface area contributed by atoms with Crippen molar-refractivity contribution in [2.24, 2.45) is 0 Å². The number of nitrogens with zero attached hydrogens (tertiary/aromatic N) is 2. The lowest BCUT2D eigenvalue weighted by atomic mass is 10.1. The molecule has 104 valence electrons. The van der Waals surface area contributed by atoms with Crippen molar-refractivity contribution in [1.82, 2.24) is 0 Å². The Hall–Kier alpha value is -3.25. The van der Waals surface area contributed by atoms with Gasteiger partial charge in [-0.1, -0.05) is 0 Å². The molecule has 0 aliphatic rings. The number of hydrogen-bond donors (Lipinski definition) is 1. The van der Waals surface area contributed by atoms with E-state index in [0.29, 0.717) is 34.7 Å². The second-order valence-corrected chi connectivity index (χ2v) is 4.13. The molecule has 6 nitrogen and oxygen atoms in total. The van der Waals surface area contributed by atoms with Gasteiger partial charge in [0.05, 0.1) is 30.3 Å². The predicted molar refractivity (Wildman–Crippen MR) is 73.2 cm³/mol. The summed E-state index contributed by atoms with van der Waals surface area (Å²) in [5, 5.41) is 20.8. The third kappa shape index (κ3) is 3.20. The lowest BCUT2D eigenvalue weighted by Gasteiger charge is -2.05. The number of ether oxygens (including phenoxy) is 1. The molecule has 0 saturated carbocycles. The fourth-order valence-corrected chi connectivity index (χ4v) is 1.73. The number of esters is 1. The highest BCUT2D eigenvalue weighted by atomic mass is 16.5. The number of anilines is 1. The monoisotopic (exact) mass is 281 g/mol. The fourth-order valence-electron chi connectivity index (χ4n) is 1.73. The van der Waals surface area contributed by atoms with Crippen LogP contribution in [0.2, 0.25) is 0 Å². The first-order valence-electron chi connectivity index (χ1n) is 6.01. The maximum absolute atomic E-state index is 11.3. The number of benzene rings is 1. The summed E-state index contributed by atoms with van der Waals surface area (Å²) in [5.41, 5.74) is 1.65. The highest BCUT2D eigenvalue weighted by Gasteiger charge is 2.10. The Labute approximate surface area is 121 Å². The van der Waals surface area contributed by atoms with Crippen LogP contribution in [0, 0.1) is 22.7 Å². The van der Waals surface area contributed by atoms with Crippen LogP contribution in [0.1, 0.15) is 27.2 Å². The smallest absolute Gasteiger partial charge is 0.341 e. The van der Waals surface area contributed by atoms with E-state index in [9.17, 15) is 4.79 Å². The van der Waals surface area contributed by atoms with E-state index in [0.717, 1.165) is 0 Å². The van der Waals surface area contributed by atoms with Gasteiger partial charge in [0.1, 0.15) is 24.2 Å². The van der Waals surface area contributed by atoms with Gasteiger partial charge in [-0.05, 0) is 24.3 Å². The van der Waals surface area contributed by atoms with Crippen LogP contribution in [-0.2, 0) is 11.3 Å². The van der Waals surface area contributed by atoms with E-state index in [2.05, 4.69) is 10.1 Å². The van der Waals surface area contributed by atoms with Crippen LogP contribution in [0.25, 0.3) is 0 Å². The Morgan fingerprint density at radius 2 is 2.05 bits per heavy atom. The molecule has 6 heteroatoms. The lowest BCUT2D eigenvalue weighted by Crippen LogP contribution is -2.00. The highest BCUT2D eigenvalue weighted by Crippen LogP contribution is 2.16. The normalized spacial score (nSPS) is 9.48. The summed E-state index contributed by atoms with van der Waals surface area (Å²) < 4.78 is 9.81. The van der Waals surface area contributed by atoms with Gasteiger partial charge in [-0.25, -0.2) is 4.79 Å². The first kappa shape index (κ1) is 14.2. The molecule has 0 atom stereocenters. The van der Waals surface area contributed by atoms with Crippen LogP contribution in [0.15, 0.2) is 34.9 Å². The molecule has 0 saturated heterocycles. The van der Waals surface area contributed by atoms with Gasteiger partial charge in [0.15, 0.2) is 0 Å². The van der Waals surface area contributed by atoms with E-state index in [-0.39, 0.29) is 0 Å². The average molecular weight is 281 g/mol. The number of hydrogen-bond acceptors (Lipinski definition) is 6. The molecular weight excluding hydrogens is 270 g/mol. The van der Waals surface area contributed by atoms with Gasteiger partial charge in [0.25, 0.3) is 0 Å². The second-order valence-electron chi connectivity index (χ2n) is 4.13. The van der Waals surface area contributed by atoms with E-state index in [1.54, 1.807) is 24.3 Å². The molecule has 0 spiro atoms. The molecule has 1 aromatic heterocycles. The molecule has 2 aromatic rings. The number of rotatable bonds is 4. The molecule has 2 rings (SSSR count). The van der Waals surface area contributed by atoms with Crippen LogP contribution in [0.3, 0.4) is 0 Å². The zero-order chi connectivity index (χ0) is 15.2. The average Bonchev–Trinajstić information content (AvgIpc) is 3.00. The molecule has 0 bridgehead atoms. The predicted octanol–water partition coefficient (Wildman–Crippen LogP) is 2.42. The van der Waals surface area contributed by atoms with Crippen molar-refractivity contribution >= 4 is 11.7 Å². The highest BCUT2D eigenvalue weighted by molar-refractivity contribution is 5.89. The molecule has 21 heavy (non-hydrogen) atoms. The Kier molecular flexibility index (Phi) is 4.23. The summed E-state index contributed by atoms with van der Waals surface area (Å²) in [6, 6.07) is 10.3. The van der Waals surface area contributed by atoms with Crippen LogP contribution in [0.4, 0.5) is 5.69 Å². The van der Waals surface area contributed by atoms with Crippen LogP contribution < -0.4 is 5.32 Å². The molecule has 0 unspecified atom stereocenters. The minimum atomic E-state index is -0.463. The van der Waals surface area contributed by atoms with Crippen molar-refractivity contribution in [3.8, 4) is 12.1 Å². The summed E-state index contributed by atoms with van der Waals surface area (Å²) in [4.78, 5) is 11.3. The van der Waals surface area contributed by atoms with E-state index >= 15 is 0 Å². The van der Waals surface area contributed by atoms with Crippen molar-refractivity contribution in [2.75, 3.05) is 12.4 Å². The second kappa shape index (κ2) is 6.27. The molecule has 0 radical (unpaired) electrons. The molecular formula is C15H11N3O3. The number of nitrogens with one attached hydrogen (secondary N) is 1. The topological polar surface area (TPSA) is 99.0 Å². The maximum atomic E-state index is 11.3. The van der Waals surface area contributed by atoms with Gasteiger partial charge in [-0.3, -0.25) is 0 Å². The number of nitriles is 2. The summed E-state index contributed by atoms with van der Waals surface area (Å²) >= 11 is 0. The zero-order valence-electron chi connectivity index (χ0n) is 11.2. The van der Waals surface area contributed by atoms with E-state index in [1.165, 1.54) is 13.4 Å². The molecule has 0 fully saturated rings. The van der Waals surface area contributed by atoms with Crippen molar-refractivity contribution in [2.45, 2.75) is 6.54 Å². The Balaban J connectivity index is 2.07.